The summed E-state index contributed by atoms with van der Waals surface area (Å²) in [6, 6.07) is -1.35. The molecule has 4 heterocycles. The van der Waals surface area contributed by atoms with Gasteiger partial charge in [0.2, 0.25) is 17.7 Å². The van der Waals surface area contributed by atoms with Gasteiger partial charge in [0.05, 0.1) is 18.8 Å². The van der Waals surface area contributed by atoms with Gasteiger partial charge >= 0.3 is 0 Å². The molecule has 0 saturated carbocycles. The Kier molecular flexibility index (Phi) is 16.5. The molecular weight excluding hydrogens is 746 g/mol. The Morgan fingerprint density at radius 1 is 0.582 bits per heavy atom. The van der Waals surface area contributed by atoms with Crippen molar-refractivity contribution < 1.29 is 98.2 Å². The first-order valence-electron chi connectivity index (χ1n) is 17.8. The number of hydrogen-bond acceptors (Lipinski definition) is 20. The summed E-state index contributed by atoms with van der Waals surface area (Å²) in [4.78, 5) is 36.3. The van der Waals surface area contributed by atoms with Crippen LogP contribution in [0.4, 0.5) is 0 Å². The normalized spacial score (nSPS) is 45.1. The Morgan fingerprint density at radius 2 is 1.11 bits per heavy atom. The zero-order valence-corrected chi connectivity index (χ0v) is 30.9. The lowest BCUT2D eigenvalue weighted by molar-refractivity contribution is -0.389. The van der Waals surface area contributed by atoms with Gasteiger partial charge in [-0.1, -0.05) is 0 Å². The lowest BCUT2D eigenvalue weighted by atomic mass is 9.94. The number of carbonyl (C=O) groups excluding carboxylic acids is 3. The third-order valence-corrected chi connectivity index (χ3v) is 9.79. The fourth-order valence-electron chi connectivity index (χ4n) is 6.67. The molecule has 0 bridgehead atoms. The van der Waals surface area contributed by atoms with Crippen LogP contribution in [0.15, 0.2) is 0 Å². The van der Waals surface area contributed by atoms with Crippen LogP contribution in [-0.4, -0.2) is 213 Å². The summed E-state index contributed by atoms with van der Waals surface area (Å²) >= 11 is 0. The molecule has 12 N–H and O–H groups in total. The van der Waals surface area contributed by atoms with E-state index in [9.17, 15) is 60.3 Å². The molecule has 0 aliphatic carbocycles. The first-order chi connectivity index (χ1) is 25.9. The molecule has 20 atom stereocenters. The van der Waals surface area contributed by atoms with Crippen LogP contribution < -0.4 is 16.0 Å². The molecule has 0 unspecified atom stereocenters. The van der Waals surface area contributed by atoms with E-state index >= 15 is 0 Å². The highest BCUT2D eigenvalue weighted by atomic mass is 16.8. The number of methoxy groups -OCH3 is 1. The Labute approximate surface area is 315 Å². The lowest BCUT2D eigenvalue weighted by Gasteiger charge is -2.51. The van der Waals surface area contributed by atoms with Gasteiger partial charge < -0.3 is 99.8 Å². The van der Waals surface area contributed by atoms with Gasteiger partial charge in [-0.15, -0.1) is 0 Å². The first-order valence-corrected chi connectivity index (χ1v) is 17.8. The average Bonchev–Trinajstić information content (AvgIpc) is 3.13. The maximum atomic E-state index is 12.5. The summed E-state index contributed by atoms with van der Waals surface area (Å²) in [6.45, 7) is 3.97. The van der Waals surface area contributed by atoms with Gasteiger partial charge in [-0.3, -0.25) is 14.4 Å². The van der Waals surface area contributed by atoms with Gasteiger partial charge in [0, 0.05) is 40.5 Å². The summed E-state index contributed by atoms with van der Waals surface area (Å²) in [5.74, 6) is -1.57. The number of ether oxygens (including phenoxy) is 8. The maximum absolute atomic E-state index is 12.5. The lowest BCUT2D eigenvalue weighted by Crippen LogP contribution is -2.70. The summed E-state index contributed by atoms with van der Waals surface area (Å²) in [7, 11) is 1.22. The first kappa shape index (κ1) is 45.4. The fraction of sp³-hybridized carbons (Fsp3) is 0.906. The van der Waals surface area contributed by atoms with Crippen LogP contribution in [0, 0.1) is 0 Å². The van der Waals surface area contributed by atoms with Crippen LogP contribution in [0.25, 0.3) is 0 Å². The quantitative estimate of drug-likeness (QED) is 0.0776. The van der Waals surface area contributed by atoms with Gasteiger partial charge in [-0.05, 0) is 13.8 Å². The van der Waals surface area contributed by atoms with Crippen molar-refractivity contribution in [3.05, 3.63) is 0 Å². The number of aliphatic hydroxyl groups excluding tert-OH is 9. The molecule has 4 rings (SSSR count). The Balaban J connectivity index is 1.71. The fourth-order valence-corrected chi connectivity index (χ4v) is 6.67. The second-order valence-corrected chi connectivity index (χ2v) is 13.9. The number of nitrogens with one attached hydrogen (secondary N) is 3. The van der Waals surface area contributed by atoms with Crippen molar-refractivity contribution in [2.24, 2.45) is 0 Å². The van der Waals surface area contributed by atoms with Crippen LogP contribution in [0.3, 0.4) is 0 Å². The van der Waals surface area contributed by atoms with E-state index in [4.69, 9.17) is 37.9 Å². The minimum atomic E-state index is -1.96. The van der Waals surface area contributed by atoms with E-state index < -0.39 is 148 Å². The van der Waals surface area contributed by atoms with E-state index in [1.807, 2.05) is 0 Å². The zero-order valence-electron chi connectivity index (χ0n) is 30.9. The van der Waals surface area contributed by atoms with Crippen LogP contribution in [-0.2, 0) is 52.3 Å². The second kappa shape index (κ2) is 19.9. The highest BCUT2D eigenvalue weighted by Gasteiger charge is 2.56. The van der Waals surface area contributed by atoms with Gasteiger partial charge in [-0.25, -0.2) is 0 Å². The highest BCUT2D eigenvalue weighted by Crippen LogP contribution is 2.35. The monoisotopic (exact) mass is 801 g/mol. The minimum absolute atomic E-state index is 0.00125. The molecule has 0 aromatic rings. The maximum Gasteiger partial charge on any atom is 0.221 e. The van der Waals surface area contributed by atoms with E-state index in [0.29, 0.717) is 0 Å². The number of amides is 3. The molecular formula is C32H55N3O20. The minimum Gasteiger partial charge on any atom is -0.394 e. The van der Waals surface area contributed by atoms with Crippen molar-refractivity contribution >= 4 is 17.7 Å². The second-order valence-electron chi connectivity index (χ2n) is 13.9. The van der Waals surface area contributed by atoms with Gasteiger partial charge in [0.25, 0.3) is 0 Å². The Bertz CT molecular complexity index is 1270. The van der Waals surface area contributed by atoms with Crippen molar-refractivity contribution in [3.8, 4) is 0 Å². The molecule has 23 heteroatoms. The molecule has 0 aromatic heterocycles. The van der Waals surface area contributed by atoms with Gasteiger partial charge in [0.1, 0.15) is 85.4 Å². The molecule has 4 saturated heterocycles. The van der Waals surface area contributed by atoms with Crippen LogP contribution in [0.1, 0.15) is 34.1 Å². The highest BCUT2D eigenvalue weighted by molar-refractivity contribution is 5.77. The molecule has 55 heavy (non-hydrogen) atoms. The molecule has 4 aliphatic heterocycles. The van der Waals surface area contributed by atoms with Gasteiger partial charge in [0.15, 0.2) is 25.2 Å². The predicted octanol–water partition coefficient (Wildman–Crippen LogP) is -7.25. The van der Waals surface area contributed by atoms with Crippen LogP contribution >= 0.6 is 0 Å². The average molecular weight is 802 g/mol. The summed E-state index contributed by atoms with van der Waals surface area (Å²) in [5.41, 5.74) is 0. The van der Waals surface area contributed by atoms with Crippen molar-refractivity contribution in [2.75, 3.05) is 26.8 Å². The molecule has 4 aliphatic rings. The van der Waals surface area contributed by atoms with Crippen molar-refractivity contribution in [1.82, 2.24) is 16.0 Å². The molecule has 3 amide bonds. The number of carbonyl (C=O) groups is 3. The van der Waals surface area contributed by atoms with E-state index in [1.165, 1.54) is 27.9 Å². The van der Waals surface area contributed by atoms with E-state index in [-0.39, 0.29) is 18.9 Å². The number of aliphatic hydroxyl groups is 9. The number of rotatable bonds is 14. The summed E-state index contributed by atoms with van der Waals surface area (Å²) in [5, 5.41) is 104. The van der Waals surface area contributed by atoms with Crippen LogP contribution in [0.5, 0.6) is 0 Å². The van der Waals surface area contributed by atoms with Crippen molar-refractivity contribution in [3.63, 3.8) is 0 Å². The molecule has 4 fully saturated rings. The van der Waals surface area contributed by atoms with E-state index in [0.717, 1.165) is 6.92 Å². The van der Waals surface area contributed by atoms with E-state index in [1.54, 1.807) is 0 Å². The molecule has 23 nitrogen and oxygen atoms in total. The SMILES string of the molecule is CO[C@@H]1O[C@H](CO)[C@@H](O[C@@H]2O[C@@H](C)[C@@H](O)[C@@H](O)[C@@H]2O)[C@H](O[C@@H]2O[C@H](CNC(=O)CCNC(C)=O)[C@H](O)[C@H](O)[C@H]2O[C@@H]2O[C@@H](C)[C@@H](O)[C@@H](O)[C@@H]2O)[C@H]1NC(C)=O. The van der Waals surface area contributed by atoms with Crippen molar-refractivity contribution in [1.29, 1.82) is 0 Å². The molecule has 0 radical (unpaired) electrons. The number of hydrogen-bond donors (Lipinski definition) is 12. The third kappa shape index (κ3) is 10.8. The zero-order chi connectivity index (χ0) is 40.9. The van der Waals surface area contributed by atoms with Crippen molar-refractivity contribution in [2.45, 2.75) is 157 Å². The smallest absolute Gasteiger partial charge is 0.221 e. The summed E-state index contributed by atoms with van der Waals surface area (Å²) < 4.78 is 46.9. The largest absolute Gasteiger partial charge is 0.394 e. The van der Waals surface area contributed by atoms with E-state index in [2.05, 4.69) is 16.0 Å². The van der Waals surface area contributed by atoms with Crippen LogP contribution in [0.2, 0.25) is 0 Å². The molecule has 0 spiro atoms. The third-order valence-electron chi connectivity index (χ3n) is 9.79. The molecule has 318 valence electrons. The topological polar surface area (TPSA) is 343 Å². The standard InChI is InChI=1S/C32H55N3O20/c1-10-18(40)21(43)24(46)30(49-10)53-26-15(9-36)52-29(48-5)17(35-13(4)38)27(26)54-32-28(55-31-25(47)22(44)19(41)11(2)50-31)23(45)20(42)14(51-32)8-34-16(39)6-7-33-12(3)37/h10-11,14-15,17-32,36,40-47H,6-9H2,1-5H3,(H,33,37)(H,34,39)(H,35,38)/t10-,11-,14+,15+,17+,18+,19+,20-,21+,22+,23-,24-,25-,26+,27+,28+,29+,30-,31-,32-/m0/s1. The molecule has 0 aromatic carbocycles. The van der Waals surface area contributed by atoms with Gasteiger partial charge in [-0.2, -0.15) is 0 Å². The predicted molar refractivity (Wildman–Crippen MR) is 177 cm³/mol. The Hall–Kier alpha value is -2.27. The Morgan fingerprint density at radius 3 is 1.62 bits per heavy atom. The summed E-state index contributed by atoms with van der Waals surface area (Å²) in [6.07, 6.45) is -30.9.